The Morgan fingerprint density at radius 2 is 1.86 bits per heavy atom. The third-order valence-electron chi connectivity index (χ3n) is 5.84. The molecule has 4 aromatic rings. The molecule has 0 spiro atoms. The van der Waals surface area contributed by atoms with E-state index in [1.165, 1.54) is 22.8 Å². The Bertz CT molecular complexity index is 1730. The van der Waals surface area contributed by atoms with E-state index < -0.39 is 6.04 Å². The lowest BCUT2D eigenvalue weighted by Gasteiger charge is -2.22. The van der Waals surface area contributed by atoms with Crippen LogP contribution in [0.5, 0.6) is 0 Å². The van der Waals surface area contributed by atoms with Gasteiger partial charge in [0.25, 0.3) is 5.56 Å². The number of benzene rings is 2. The molecule has 0 aliphatic carbocycles. The van der Waals surface area contributed by atoms with E-state index in [1.54, 1.807) is 43.3 Å². The summed E-state index contributed by atoms with van der Waals surface area (Å²) in [5.41, 5.74) is 2.51. The van der Waals surface area contributed by atoms with Crippen LogP contribution in [-0.2, 0) is 4.79 Å². The number of hydrogen-bond acceptors (Lipinski definition) is 5. The quantitative estimate of drug-likeness (QED) is 0.312. The summed E-state index contributed by atoms with van der Waals surface area (Å²) < 4.78 is 8.23. The van der Waals surface area contributed by atoms with Gasteiger partial charge in [-0.05, 0) is 55.8 Å². The number of rotatable bonds is 5. The summed E-state index contributed by atoms with van der Waals surface area (Å²) in [6, 6.07) is 17.9. The number of nitrogens with zero attached hydrogens (tertiary/aromatic N) is 2. The molecule has 0 saturated carbocycles. The van der Waals surface area contributed by atoms with Gasteiger partial charge in [-0.25, -0.2) is 4.99 Å². The zero-order valence-corrected chi connectivity index (χ0v) is 21.7. The fourth-order valence-electron chi connectivity index (χ4n) is 4.17. The molecule has 5 rings (SSSR count). The Kier molecular flexibility index (Phi) is 6.67. The first-order valence-corrected chi connectivity index (χ1v) is 12.7. The zero-order valence-electron chi connectivity index (χ0n) is 19.4. The number of Topliss-reactive ketones (excluding diaryl/α,β-unsaturated/α-hetero) is 1. The van der Waals surface area contributed by atoms with Crippen molar-refractivity contribution < 1.29 is 9.21 Å². The normalized spacial score (nSPS) is 15.9. The molecule has 0 radical (unpaired) electrons. The minimum absolute atomic E-state index is 0.174. The van der Waals surface area contributed by atoms with Gasteiger partial charge in [-0.15, -0.1) is 0 Å². The molecular weight excluding hydrogens is 515 g/mol. The highest BCUT2D eigenvalue weighted by molar-refractivity contribution is 7.07. The SMILES string of the molecule is CC(=O)C1=C(C)N=c2s/c(=C/C=C/c3ccccc3)c(=O)n2[C@H]1c1ccc(-c2ccc(Cl)c(Cl)c2)o1. The molecule has 1 aliphatic heterocycles. The van der Waals surface area contributed by atoms with E-state index in [0.717, 1.165) is 11.1 Å². The molecule has 0 saturated heterocycles. The number of fused-ring (bicyclic) bond motifs is 1. The second-order valence-electron chi connectivity index (χ2n) is 8.26. The first-order chi connectivity index (χ1) is 17.3. The fraction of sp³-hybridized carbons (Fsp3) is 0.107. The maximum atomic E-state index is 13.5. The summed E-state index contributed by atoms with van der Waals surface area (Å²) in [5.74, 6) is 0.837. The van der Waals surface area contributed by atoms with Gasteiger partial charge in [-0.2, -0.15) is 0 Å². The number of carbonyl (C=O) groups excluding carboxylic acids is 1. The van der Waals surface area contributed by atoms with Crippen LogP contribution in [0.1, 0.15) is 31.2 Å². The standard InChI is InChI=1S/C28H20Cl2N2O3S/c1-16-25(17(2)33)26(23-14-13-22(35-23)19-11-12-20(29)21(30)15-19)32-27(34)24(36-28(32)31-16)10-6-9-18-7-4-3-5-8-18/h3-15,26H,1-2H3/b9-6+,24-10+/t26-/m0/s1. The maximum absolute atomic E-state index is 13.5. The number of furan rings is 1. The first-order valence-electron chi connectivity index (χ1n) is 11.1. The predicted molar refractivity (Wildman–Crippen MR) is 145 cm³/mol. The van der Waals surface area contributed by atoms with Crippen LogP contribution in [0.3, 0.4) is 0 Å². The maximum Gasteiger partial charge on any atom is 0.271 e. The van der Waals surface area contributed by atoms with Crippen LogP contribution in [-0.4, -0.2) is 10.4 Å². The molecule has 0 bridgehead atoms. The van der Waals surface area contributed by atoms with Crippen molar-refractivity contribution in [3.8, 4) is 11.3 Å². The Morgan fingerprint density at radius 3 is 2.58 bits per heavy atom. The first kappa shape index (κ1) is 24.3. The average Bonchev–Trinajstić information content (AvgIpc) is 3.46. The monoisotopic (exact) mass is 534 g/mol. The summed E-state index contributed by atoms with van der Waals surface area (Å²) in [6.07, 6.45) is 5.53. The third-order valence-corrected chi connectivity index (χ3v) is 7.58. The van der Waals surface area contributed by atoms with Gasteiger partial charge in [0, 0.05) is 16.8 Å². The largest absolute Gasteiger partial charge is 0.458 e. The summed E-state index contributed by atoms with van der Waals surface area (Å²) in [4.78, 5) is 31.3. The van der Waals surface area contributed by atoms with E-state index >= 15 is 0 Å². The van der Waals surface area contributed by atoms with E-state index in [1.807, 2.05) is 42.5 Å². The Labute approximate surface area is 221 Å². The number of carbonyl (C=O) groups is 1. The van der Waals surface area contributed by atoms with Crippen LogP contribution in [0.25, 0.3) is 23.5 Å². The van der Waals surface area contributed by atoms with Crippen molar-refractivity contribution in [3.63, 3.8) is 0 Å². The molecule has 180 valence electrons. The van der Waals surface area contributed by atoms with Crippen molar-refractivity contribution in [2.75, 3.05) is 0 Å². The van der Waals surface area contributed by atoms with E-state index in [2.05, 4.69) is 4.99 Å². The molecule has 0 unspecified atom stereocenters. The Balaban J connectivity index is 1.61. The van der Waals surface area contributed by atoms with Gasteiger partial charge in [0.05, 0.1) is 14.6 Å². The molecule has 2 aromatic carbocycles. The second kappa shape index (κ2) is 9.90. The Hall–Kier alpha value is -3.45. The summed E-state index contributed by atoms with van der Waals surface area (Å²) in [6.45, 7) is 3.25. The summed E-state index contributed by atoms with van der Waals surface area (Å²) in [7, 11) is 0. The van der Waals surface area contributed by atoms with Crippen LogP contribution < -0.4 is 14.9 Å². The molecule has 2 aromatic heterocycles. The van der Waals surface area contributed by atoms with Crippen LogP contribution in [0.2, 0.25) is 10.0 Å². The van der Waals surface area contributed by atoms with E-state index in [4.69, 9.17) is 27.6 Å². The topological polar surface area (TPSA) is 64.6 Å². The van der Waals surface area contributed by atoms with Crippen molar-refractivity contribution >= 4 is 52.5 Å². The van der Waals surface area contributed by atoms with Crippen molar-refractivity contribution in [3.05, 3.63) is 119 Å². The van der Waals surface area contributed by atoms with Gasteiger partial charge < -0.3 is 4.42 Å². The van der Waals surface area contributed by atoms with Crippen LogP contribution in [0, 0.1) is 0 Å². The number of halogens is 2. The van der Waals surface area contributed by atoms with Crippen LogP contribution in [0.15, 0.2) is 92.2 Å². The third kappa shape index (κ3) is 4.55. The lowest BCUT2D eigenvalue weighted by atomic mass is 9.98. The van der Waals surface area contributed by atoms with Crippen molar-refractivity contribution in [1.82, 2.24) is 4.57 Å². The van der Waals surface area contributed by atoms with Crippen LogP contribution >= 0.6 is 34.5 Å². The lowest BCUT2D eigenvalue weighted by molar-refractivity contribution is -0.114. The molecule has 8 heteroatoms. The highest BCUT2D eigenvalue weighted by Crippen LogP contribution is 2.35. The highest BCUT2D eigenvalue weighted by atomic mass is 35.5. The number of hydrogen-bond donors (Lipinski definition) is 0. The molecule has 0 amide bonds. The molecule has 5 nitrogen and oxygen atoms in total. The predicted octanol–water partition coefficient (Wildman–Crippen LogP) is 6.06. The Morgan fingerprint density at radius 1 is 1.08 bits per heavy atom. The average molecular weight is 535 g/mol. The smallest absolute Gasteiger partial charge is 0.271 e. The highest BCUT2D eigenvalue weighted by Gasteiger charge is 2.33. The molecule has 0 fully saturated rings. The number of allylic oxidation sites excluding steroid dienone is 3. The molecule has 36 heavy (non-hydrogen) atoms. The molecular formula is C28H20Cl2N2O3S. The van der Waals surface area contributed by atoms with E-state index in [-0.39, 0.29) is 11.3 Å². The minimum atomic E-state index is -0.726. The number of thiazole rings is 1. The lowest BCUT2D eigenvalue weighted by Crippen LogP contribution is -2.39. The van der Waals surface area contributed by atoms with Crippen LogP contribution in [0.4, 0.5) is 0 Å². The van der Waals surface area contributed by atoms with E-state index in [9.17, 15) is 9.59 Å². The van der Waals surface area contributed by atoms with Gasteiger partial charge in [-0.3, -0.25) is 14.2 Å². The summed E-state index contributed by atoms with van der Waals surface area (Å²) >= 11 is 13.5. The number of ketones is 1. The molecule has 1 aliphatic rings. The molecule has 0 N–H and O–H groups in total. The molecule has 1 atom stereocenters. The minimum Gasteiger partial charge on any atom is -0.458 e. The van der Waals surface area contributed by atoms with Gasteiger partial charge in [0.15, 0.2) is 10.6 Å². The van der Waals surface area contributed by atoms with Gasteiger partial charge in [-0.1, -0.05) is 77.0 Å². The molecule has 3 heterocycles. The van der Waals surface area contributed by atoms with Crippen molar-refractivity contribution in [2.24, 2.45) is 4.99 Å². The van der Waals surface area contributed by atoms with Gasteiger partial charge >= 0.3 is 0 Å². The summed E-state index contributed by atoms with van der Waals surface area (Å²) in [5, 5.41) is 0.849. The van der Waals surface area contributed by atoms with Crippen molar-refractivity contribution in [1.29, 1.82) is 0 Å². The van der Waals surface area contributed by atoms with Crippen molar-refractivity contribution in [2.45, 2.75) is 19.9 Å². The second-order valence-corrected chi connectivity index (χ2v) is 10.1. The van der Waals surface area contributed by atoms with Gasteiger partial charge in [0.1, 0.15) is 17.6 Å². The number of aromatic nitrogens is 1. The van der Waals surface area contributed by atoms with E-state index in [0.29, 0.717) is 42.2 Å². The van der Waals surface area contributed by atoms with Gasteiger partial charge in [0.2, 0.25) is 0 Å². The fourth-order valence-corrected chi connectivity index (χ4v) is 5.47. The zero-order chi connectivity index (χ0) is 25.4.